The lowest BCUT2D eigenvalue weighted by atomic mass is 10.00. The van der Waals surface area contributed by atoms with Crippen LogP contribution in [0, 0.1) is 13.8 Å². The van der Waals surface area contributed by atoms with Gasteiger partial charge in [-0.15, -0.1) is 0 Å². The summed E-state index contributed by atoms with van der Waals surface area (Å²) in [4.78, 5) is 0. The second kappa shape index (κ2) is 5.82. The molecule has 0 spiro atoms. The lowest BCUT2D eigenvalue weighted by Crippen LogP contribution is -1.98. The van der Waals surface area contributed by atoms with Gasteiger partial charge in [0.2, 0.25) is 0 Å². The Morgan fingerprint density at radius 3 is 2.57 bits per heavy atom. The van der Waals surface area contributed by atoms with E-state index < -0.39 is 0 Å². The van der Waals surface area contributed by atoms with E-state index in [9.17, 15) is 0 Å². The highest BCUT2D eigenvalue weighted by Crippen LogP contribution is 2.13. The monoisotopic (exact) mass is 191 g/mol. The number of benzene rings is 1. The average molecular weight is 191 g/mol. The summed E-state index contributed by atoms with van der Waals surface area (Å²) in [6.07, 6.45) is 4.88. The molecule has 1 heteroatoms. The van der Waals surface area contributed by atoms with Crippen molar-refractivity contribution in [3.63, 3.8) is 0 Å². The Bertz CT molecular complexity index is 279. The van der Waals surface area contributed by atoms with Crippen molar-refractivity contribution in [3.05, 3.63) is 34.9 Å². The molecule has 1 aromatic rings. The van der Waals surface area contributed by atoms with Gasteiger partial charge in [0.25, 0.3) is 0 Å². The van der Waals surface area contributed by atoms with Crippen LogP contribution in [0.4, 0.5) is 0 Å². The molecular formula is C13H21N. The van der Waals surface area contributed by atoms with Crippen LogP contribution in [0.2, 0.25) is 0 Å². The van der Waals surface area contributed by atoms with E-state index in [1.165, 1.54) is 36.0 Å². The van der Waals surface area contributed by atoms with Gasteiger partial charge in [0, 0.05) is 0 Å². The molecule has 1 nitrogen and oxygen atoms in total. The minimum Gasteiger partial charge on any atom is -0.330 e. The number of unbranched alkanes of at least 4 members (excludes halogenated alkanes) is 2. The normalized spacial score (nSPS) is 10.5. The summed E-state index contributed by atoms with van der Waals surface area (Å²) in [6, 6.07) is 6.70. The van der Waals surface area contributed by atoms with E-state index in [0.717, 1.165) is 13.0 Å². The van der Waals surface area contributed by atoms with Crippen LogP contribution in [0.3, 0.4) is 0 Å². The van der Waals surface area contributed by atoms with Gasteiger partial charge < -0.3 is 5.73 Å². The molecule has 0 heterocycles. The summed E-state index contributed by atoms with van der Waals surface area (Å²) in [6.45, 7) is 5.17. The van der Waals surface area contributed by atoms with Gasteiger partial charge in [-0.25, -0.2) is 0 Å². The quantitative estimate of drug-likeness (QED) is 0.711. The van der Waals surface area contributed by atoms with Gasteiger partial charge in [-0.3, -0.25) is 0 Å². The van der Waals surface area contributed by atoms with E-state index in [4.69, 9.17) is 5.73 Å². The van der Waals surface area contributed by atoms with E-state index >= 15 is 0 Å². The SMILES string of the molecule is Cc1ccc(C)c(CCCCCN)c1. The highest BCUT2D eigenvalue weighted by atomic mass is 14.5. The van der Waals surface area contributed by atoms with Crippen LogP contribution in [0.15, 0.2) is 18.2 Å². The summed E-state index contributed by atoms with van der Waals surface area (Å²) in [5.74, 6) is 0. The number of nitrogens with two attached hydrogens (primary N) is 1. The average Bonchev–Trinajstić information content (AvgIpc) is 2.18. The Hall–Kier alpha value is -0.820. The van der Waals surface area contributed by atoms with Crippen molar-refractivity contribution in [1.82, 2.24) is 0 Å². The molecule has 0 bridgehead atoms. The predicted molar refractivity (Wildman–Crippen MR) is 62.5 cm³/mol. The fraction of sp³-hybridized carbons (Fsp3) is 0.538. The Morgan fingerprint density at radius 2 is 1.86 bits per heavy atom. The summed E-state index contributed by atoms with van der Waals surface area (Å²) in [5.41, 5.74) is 9.75. The molecule has 0 saturated carbocycles. The second-order valence-electron chi connectivity index (χ2n) is 4.03. The van der Waals surface area contributed by atoms with Crippen molar-refractivity contribution in [3.8, 4) is 0 Å². The molecule has 0 aliphatic carbocycles. The third-order valence-corrected chi connectivity index (χ3v) is 2.65. The molecule has 14 heavy (non-hydrogen) atoms. The van der Waals surface area contributed by atoms with Crippen LogP contribution in [0.5, 0.6) is 0 Å². The first-order valence-corrected chi connectivity index (χ1v) is 5.50. The summed E-state index contributed by atoms with van der Waals surface area (Å²) in [7, 11) is 0. The third-order valence-electron chi connectivity index (χ3n) is 2.65. The van der Waals surface area contributed by atoms with Crippen molar-refractivity contribution in [1.29, 1.82) is 0 Å². The van der Waals surface area contributed by atoms with Crippen molar-refractivity contribution in [2.24, 2.45) is 5.73 Å². The topological polar surface area (TPSA) is 26.0 Å². The Balaban J connectivity index is 2.45. The zero-order chi connectivity index (χ0) is 10.4. The van der Waals surface area contributed by atoms with Crippen molar-refractivity contribution >= 4 is 0 Å². The first-order valence-electron chi connectivity index (χ1n) is 5.50. The van der Waals surface area contributed by atoms with Crippen LogP contribution < -0.4 is 5.73 Å². The maximum absolute atomic E-state index is 5.46. The third kappa shape index (κ3) is 3.51. The molecule has 0 aliphatic heterocycles. The van der Waals surface area contributed by atoms with Gasteiger partial charge in [0.1, 0.15) is 0 Å². The molecule has 0 aliphatic rings. The Morgan fingerprint density at radius 1 is 1.07 bits per heavy atom. The number of hydrogen-bond acceptors (Lipinski definition) is 1. The zero-order valence-corrected chi connectivity index (χ0v) is 9.34. The van der Waals surface area contributed by atoms with Gasteiger partial charge in [0.05, 0.1) is 0 Å². The Kier molecular flexibility index (Phi) is 4.68. The summed E-state index contributed by atoms with van der Waals surface area (Å²) >= 11 is 0. The first kappa shape index (κ1) is 11.3. The van der Waals surface area contributed by atoms with E-state index in [1.807, 2.05) is 0 Å². The Labute approximate surface area is 87.3 Å². The largest absolute Gasteiger partial charge is 0.330 e. The van der Waals surface area contributed by atoms with E-state index in [1.54, 1.807) is 0 Å². The van der Waals surface area contributed by atoms with Crippen LogP contribution >= 0.6 is 0 Å². The van der Waals surface area contributed by atoms with E-state index in [-0.39, 0.29) is 0 Å². The van der Waals surface area contributed by atoms with Crippen LogP contribution in [-0.2, 0) is 6.42 Å². The molecule has 78 valence electrons. The number of aryl methyl sites for hydroxylation is 3. The lowest BCUT2D eigenvalue weighted by molar-refractivity contribution is 0.685. The molecule has 1 rings (SSSR count). The molecule has 0 amide bonds. The molecule has 0 aromatic heterocycles. The van der Waals surface area contributed by atoms with E-state index in [0.29, 0.717) is 0 Å². The van der Waals surface area contributed by atoms with Gasteiger partial charge in [0.15, 0.2) is 0 Å². The molecule has 0 radical (unpaired) electrons. The molecule has 0 fully saturated rings. The highest BCUT2D eigenvalue weighted by Gasteiger charge is 1.98. The van der Waals surface area contributed by atoms with Crippen LogP contribution in [-0.4, -0.2) is 6.54 Å². The smallest absolute Gasteiger partial charge is 0.00773 e. The van der Waals surface area contributed by atoms with Crippen molar-refractivity contribution < 1.29 is 0 Å². The van der Waals surface area contributed by atoms with Gasteiger partial charge in [-0.2, -0.15) is 0 Å². The first-order chi connectivity index (χ1) is 6.74. The zero-order valence-electron chi connectivity index (χ0n) is 9.34. The highest BCUT2D eigenvalue weighted by molar-refractivity contribution is 5.30. The molecule has 1 aromatic carbocycles. The maximum atomic E-state index is 5.46. The van der Waals surface area contributed by atoms with Crippen molar-refractivity contribution in [2.45, 2.75) is 39.5 Å². The maximum Gasteiger partial charge on any atom is -0.00773 e. The number of rotatable bonds is 5. The van der Waals surface area contributed by atoms with Crippen LogP contribution in [0.1, 0.15) is 36.0 Å². The molecule has 2 N–H and O–H groups in total. The van der Waals surface area contributed by atoms with Gasteiger partial charge in [-0.05, 0) is 50.8 Å². The fourth-order valence-electron chi connectivity index (χ4n) is 1.71. The molecule has 0 atom stereocenters. The lowest BCUT2D eigenvalue weighted by Gasteiger charge is -2.06. The summed E-state index contributed by atoms with van der Waals surface area (Å²) < 4.78 is 0. The minimum atomic E-state index is 0.826. The van der Waals surface area contributed by atoms with E-state index in [2.05, 4.69) is 32.0 Å². The molecule has 0 unspecified atom stereocenters. The van der Waals surface area contributed by atoms with Crippen LogP contribution in [0.25, 0.3) is 0 Å². The summed E-state index contributed by atoms with van der Waals surface area (Å²) in [5, 5.41) is 0. The van der Waals surface area contributed by atoms with Crippen molar-refractivity contribution in [2.75, 3.05) is 6.54 Å². The van der Waals surface area contributed by atoms with Gasteiger partial charge in [-0.1, -0.05) is 30.2 Å². The number of hydrogen-bond donors (Lipinski definition) is 1. The molecular weight excluding hydrogens is 170 g/mol. The van der Waals surface area contributed by atoms with Gasteiger partial charge >= 0.3 is 0 Å². The molecule has 0 saturated heterocycles. The predicted octanol–water partition coefficient (Wildman–Crippen LogP) is 2.97. The minimum absolute atomic E-state index is 0.826. The standard InChI is InChI=1S/C13H21N/c1-11-7-8-12(2)13(10-11)6-4-3-5-9-14/h7-8,10H,3-6,9,14H2,1-2H3. The second-order valence-corrected chi connectivity index (χ2v) is 4.03. The fourth-order valence-corrected chi connectivity index (χ4v) is 1.71.